The average Bonchev–Trinajstić information content (AvgIpc) is 3.19. The van der Waals surface area contributed by atoms with Crippen molar-refractivity contribution in [2.45, 2.75) is 59.3 Å². The van der Waals surface area contributed by atoms with E-state index >= 15 is 0 Å². The van der Waals surface area contributed by atoms with Crippen LogP contribution in [0.5, 0.6) is 0 Å². The van der Waals surface area contributed by atoms with Crippen molar-refractivity contribution in [3.8, 4) is 0 Å². The van der Waals surface area contributed by atoms with Gasteiger partial charge in [0.25, 0.3) is 0 Å². The summed E-state index contributed by atoms with van der Waals surface area (Å²) in [5, 5.41) is 12.9. The summed E-state index contributed by atoms with van der Waals surface area (Å²) >= 11 is 7.50. The Bertz CT molecular complexity index is 1090. The number of azo groups is 1. The van der Waals surface area contributed by atoms with Crippen LogP contribution >= 0.6 is 22.9 Å². The van der Waals surface area contributed by atoms with Gasteiger partial charge in [-0.2, -0.15) is 0 Å². The molecule has 0 radical (unpaired) electrons. The standard InChI is InChI=1S/C25H32ClN5OS/c1-4-6-8-14-31(15-9-7-5-2)20-11-13-21(23(17-20)27-18(3)32)29-30-25-28-22-12-10-19(26)16-24(22)33-25/h10-13,16-17H,4-9,14-15H2,1-3H3,(H,27,32). The van der Waals surface area contributed by atoms with Gasteiger partial charge in [0.05, 0.1) is 15.9 Å². The van der Waals surface area contributed by atoms with E-state index < -0.39 is 0 Å². The number of anilines is 2. The number of halogens is 1. The van der Waals surface area contributed by atoms with Gasteiger partial charge >= 0.3 is 0 Å². The van der Waals surface area contributed by atoms with Gasteiger partial charge in [0.15, 0.2) is 0 Å². The van der Waals surface area contributed by atoms with Crippen molar-refractivity contribution in [2.24, 2.45) is 10.2 Å². The lowest BCUT2D eigenvalue weighted by Crippen LogP contribution is -2.25. The molecule has 0 aliphatic rings. The Morgan fingerprint density at radius 3 is 2.42 bits per heavy atom. The van der Waals surface area contributed by atoms with E-state index in [1.807, 2.05) is 30.3 Å². The van der Waals surface area contributed by atoms with Crippen LogP contribution in [0.3, 0.4) is 0 Å². The van der Waals surface area contributed by atoms with Crippen LogP contribution in [0.2, 0.25) is 5.02 Å². The second-order valence-electron chi connectivity index (χ2n) is 8.09. The summed E-state index contributed by atoms with van der Waals surface area (Å²) in [5.41, 5.74) is 3.20. The highest BCUT2D eigenvalue weighted by Gasteiger charge is 2.12. The zero-order valence-corrected chi connectivity index (χ0v) is 21.2. The van der Waals surface area contributed by atoms with E-state index in [4.69, 9.17) is 11.6 Å². The molecule has 8 heteroatoms. The number of benzene rings is 2. The third-order valence-corrected chi connectivity index (χ3v) is 6.44. The van der Waals surface area contributed by atoms with Gasteiger partial charge in [0, 0.05) is 30.7 Å². The largest absolute Gasteiger partial charge is 0.371 e. The molecule has 0 aliphatic carbocycles. The number of hydrogen-bond donors (Lipinski definition) is 1. The van der Waals surface area contributed by atoms with Crippen LogP contribution in [0, 0.1) is 0 Å². The lowest BCUT2D eigenvalue weighted by atomic mass is 10.1. The molecule has 0 bridgehead atoms. The molecule has 3 aromatic rings. The fourth-order valence-corrected chi connectivity index (χ4v) is 4.66. The molecule has 1 aromatic heterocycles. The van der Waals surface area contributed by atoms with Crippen molar-refractivity contribution in [3.05, 3.63) is 41.4 Å². The molecule has 0 unspecified atom stereocenters. The molecule has 33 heavy (non-hydrogen) atoms. The molecule has 1 heterocycles. The van der Waals surface area contributed by atoms with Gasteiger partial charge in [-0.15, -0.1) is 10.2 Å². The molecule has 0 atom stereocenters. The molecule has 6 nitrogen and oxygen atoms in total. The third-order valence-electron chi connectivity index (χ3n) is 5.30. The van der Waals surface area contributed by atoms with Gasteiger partial charge in [0.1, 0.15) is 5.69 Å². The van der Waals surface area contributed by atoms with Crippen molar-refractivity contribution in [3.63, 3.8) is 0 Å². The lowest BCUT2D eigenvalue weighted by Gasteiger charge is -2.26. The predicted octanol–water partition coefficient (Wildman–Crippen LogP) is 8.51. The van der Waals surface area contributed by atoms with Crippen molar-refractivity contribution in [1.82, 2.24) is 4.98 Å². The molecule has 3 rings (SSSR count). The van der Waals surface area contributed by atoms with E-state index in [0.29, 0.717) is 21.5 Å². The minimum absolute atomic E-state index is 0.137. The van der Waals surface area contributed by atoms with Crippen LogP contribution in [0.4, 0.5) is 22.2 Å². The second kappa shape index (κ2) is 12.7. The summed E-state index contributed by atoms with van der Waals surface area (Å²) in [6.45, 7) is 7.95. The third kappa shape index (κ3) is 7.51. The molecular weight excluding hydrogens is 454 g/mol. The Morgan fingerprint density at radius 2 is 1.76 bits per heavy atom. The summed E-state index contributed by atoms with van der Waals surface area (Å²) in [5.74, 6) is -0.137. The van der Waals surface area contributed by atoms with Gasteiger partial charge < -0.3 is 10.2 Å². The first-order valence-corrected chi connectivity index (χ1v) is 12.8. The van der Waals surface area contributed by atoms with Crippen molar-refractivity contribution in [2.75, 3.05) is 23.3 Å². The average molecular weight is 486 g/mol. The quantitative estimate of drug-likeness (QED) is 0.206. The summed E-state index contributed by atoms with van der Waals surface area (Å²) in [6, 6.07) is 11.5. The molecule has 1 amide bonds. The first-order chi connectivity index (χ1) is 16.0. The van der Waals surface area contributed by atoms with Crippen LogP contribution in [0.15, 0.2) is 46.6 Å². The number of amides is 1. The molecule has 2 aromatic carbocycles. The molecule has 0 fully saturated rings. The summed E-state index contributed by atoms with van der Waals surface area (Å²) in [6.07, 6.45) is 7.11. The maximum Gasteiger partial charge on any atom is 0.231 e. The van der Waals surface area contributed by atoms with Crippen LogP contribution in [0.1, 0.15) is 59.3 Å². The van der Waals surface area contributed by atoms with E-state index in [1.54, 1.807) is 0 Å². The predicted molar refractivity (Wildman–Crippen MR) is 141 cm³/mol. The first-order valence-electron chi connectivity index (χ1n) is 11.6. The lowest BCUT2D eigenvalue weighted by molar-refractivity contribution is -0.114. The molecule has 1 N–H and O–H groups in total. The topological polar surface area (TPSA) is 70.0 Å². The Morgan fingerprint density at radius 1 is 1.03 bits per heavy atom. The van der Waals surface area contributed by atoms with Crippen molar-refractivity contribution in [1.29, 1.82) is 0 Å². The van der Waals surface area contributed by atoms with Gasteiger partial charge in [0.2, 0.25) is 11.0 Å². The second-order valence-corrected chi connectivity index (χ2v) is 9.54. The normalized spacial score (nSPS) is 11.4. The molecule has 0 aliphatic heterocycles. The number of rotatable bonds is 12. The van der Waals surface area contributed by atoms with Crippen molar-refractivity contribution >= 4 is 61.3 Å². The highest BCUT2D eigenvalue weighted by Crippen LogP contribution is 2.34. The van der Waals surface area contributed by atoms with Gasteiger partial charge in [-0.1, -0.05) is 62.5 Å². The van der Waals surface area contributed by atoms with E-state index in [0.717, 1.165) is 41.8 Å². The number of carbonyl (C=O) groups is 1. The number of nitrogens with one attached hydrogen (secondary N) is 1. The maximum atomic E-state index is 11.9. The van der Waals surface area contributed by atoms with E-state index in [2.05, 4.69) is 45.3 Å². The number of thiazole rings is 1. The van der Waals surface area contributed by atoms with E-state index in [-0.39, 0.29) is 5.91 Å². The smallest absolute Gasteiger partial charge is 0.231 e. The highest BCUT2D eigenvalue weighted by molar-refractivity contribution is 7.21. The van der Waals surface area contributed by atoms with Crippen LogP contribution in [0.25, 0.3) is 10.2 Å². The minimum Gasteiger partial charge on any atom is -0.371 e. The first kappa shape index (κ1) is 25.1. The number of unbranched alkanes of at least 4 members (excludes halogenated alkanes) is 4. The Balaban J connectivity index is 1.85. The summed E-state index contributed by atoms with van der Waals surface area (Å²) in [7, 11) is 0. The number of carbonyl (C=O) groups excluding carboxylic acids is 1. The number of hydrogen-bond acceptors (Lipinski definition) is 6. The molecule has 0 spiro atoms. The summed E-state index contributed by atoms with van der Waals surface area (Å²) < 4.78 is 0.962. The van der Waals surface area contributed by atoms with Gasteiger partial charge in [-0.05, 0) is 49.2 Å². The number of nitrogens with zero attached hydrogens (tertiary/aromatic N) is 4. The van der Waals surface area contributed by atoms with Crippen LogP contribution < -0.4 is 10.2 Å². The fourth-order valence-electron chi connectivity index (χ4n) is 3.60. The zero-order chi connectivity index (χ0) is 23.6. The highest BCUT2D eigenvalue weighted by atomic mass is 35.5. The minimum atomic E-state index is -0.137. The van der Waals surface area contributed by atoms with E-state index in [9.17, 15) is 4.79 Å². The Labute approximate surface area is 205 Å². The van der Waals surface area contributed by atoms with E-state index in [1.165, 1.54) is 43.9 Å². The van der Waals surface area contributed by atoms with Gasteiger partial charge in [-0.25, -0.2) is 4.98 Å². The summed E-state index contributed by atoms with van der Waals surface area (Å²) in [4.78, 5) is 18.8. The fraction of sp³-hybridized carbons (Fsp3) is 0.440. The van der Waals surface area contributed by atoms with Crippen molar-refractivity contribution < 1.29 is 4.79 Å². The molecular formula is C25H32ClN5OS. The number of aromatic nitrogens is 1. The zero-order valence-electron chi connectivity index (χ0n) is 19.6. The number of fused-ring (bicyclic) bond motifs is 1. The SMILES string of the molecule is CCCCCN(CCCCC)c1ccc(N=Nc2nc3ccc(Cl)cc3s2)c(NC(C)=O)c1. The maximum absolute atomic E-state index is 11.9. The molecule has 0 saturated carbocycles. The molecule has 176 valence electrons. The monoisotopic (exact) mass is 485 g/mol. The van der Waals surface area contributed by atoms with Gasteiger partial charge in [-0.3, -0.25) is 4.79 Å². The van der Waals surface area contributed by atoms with Crippen LogP contribution in [-0.4, -0.2) is 24.0 Å². The molecule has 0 saturated heterocycles. The Hall–Kier alpha value is -2.51. The van der Waals surface area contributed by atoms with Crippen LogP contribution in [-0.2, 0) is 4.79 Å². The Kier molecular flexibility index (Phi) is 9.63.